The topological polar surface area (TPSA) is 58.6 Å². The van der Waals surface area contributed by atoms with E-state index in [2.05, 4.69) is 5.32 Å². The molecule has 1 aromatic carbocycles. The lowest BCUT2D eigenvalue weighted by molar-refractivity contribution is 0.0824. The molecule has 3 rings (SSSR count). The SMILES string of the molecule is CC(CO)(NC(=O)c1cccc(OC2CCCC2)c1)C1CC1. The van der Waals surface area contributed by atoms with Gasteiger partial charge < -0.3 is 15.2 Å². The number of aliphatic hydroxyl groups is 1. The van der Waals surface area contributed by atoms with Gasteiger partial charge in [0.1, 0.15) is 5.75 Å². The Morgan fingerprint density at radius 2 is 2.05 bits per heavy atom. The lowest BCUT2D eigenvalue weighted by Gasteiger charge is -2.28. The second kappa shape index (κ2) is 6.29. The maximum atomic E-state index is 12.5. The minimum absolute atomic E-state index is 0.0261. The number of aliphatic hydroxyl groups excluding tert-OH is 1. The highest BCUT2D eigenvalue weighted by atomic mass is 16.5. The van der Waals surface area contributed by atoms with E-state index in [9.17, 15) is 9.90 Å². The van der Waals surface area contributed by atoms with Crippen LogP contribution in [0.15, 0.2) is 24.3 Å². The van der Waals surface area contributed by atoms with Gasteiger partial charge in [0.05, 0.1) is 18.2 Å². The first-order valence-corrected chi connectivity index (χ1v) is 8.31. The molecule has 0 bridgehead atoms. The van der Waals surface area contributed by atoms with Crippen molar-refractivity contribution in [3.05, 3.63) is 29.8 Å². The zero-order valence-corrected chi connectivity index (χ0v) is 13.2. The van der Waals surface area contributed by atoms with Crippen molar-refractivity contribution in [3.8, 4) is 5.75 Å². The van der Waals surface area contributed by atoms with Crippen molar-refractivity contribution >= 4 is 5.91 Å². The second-order valence-corrected chi connectivity index (χ2v) is 6.86. The molecule has 1 aromatic rings. The highest BCUT2D eigenvalue weighted by Gasteiger charge is 2.42. The van der Waals surface area contributed by atoms with Crippen LogP contribution in [0.3, 0.4) is 0 Å². The average Bonchev–Trinajstić information content (AvgIpc) is 3.27. The number of benzene rings is 1. The van der Waals surface area contributed by atoms with E-state index in [4.69, 9.17) is 4.74 Å². The molecule has 0 spiro atoms. The molecule has 0 heterocycles. The van der Waals surface area contributed by atoms with E-state index in [1.54, 1.807) is 12.1 Å². The third-order valence-corrected chi connectivity index (χ3v) is 4.91. The first-order valence-electron chi connectivity index (χ1n) is 8.31. The third kappa shape index (κ3) is 3.43. The summed E-state index contributed by atoms with van der Waals surface area (Å²) in [5.41, 5.74) is 0.0789. The summed E-state index contributed by atoms with van der Waals surface area (Å²) in [5, 5.41) is 12.6. The molecule has 4 nitrogen and oxygen atoms in total. The normalized spacial score (nSPS) is 21.4. The van der Waals surface area contributed by atoms with Gasteiger partial charge in [-0.15, -0.1) is 0 Å². The van der Waals surface area contributed by atoms with Crippen LogP contribution in [-0.4, -0.2) is 29.3 Å². The van der Waals surface area contributed by atoms with Crippen molar-refractivity contribution in [2.24, 2.45) is 5.92 Å². The van der Waals surface area contributed by atoms with Crippen LogP contribution in [0.4, 0.5) is 0 Å². The molecule has 2 fully saturated rings. The highest BCUT2D eigenvalue weighted by Crippen LogP contribution is 2.39. The van der Waals surface area contributed by atoms with Gasteiger partial charge in [0, 0.05) is 5.56 Å². The number of amides is 1. The molecule has 1 amide bonds. The van der Waals surface area contributed by atoms with Crippen LogP contribution in [0.25, 0.3) is 0 Å². The van der Waals surface area contributed by atoms with Gasteiger partial charge in [0.2, 0.25) is 0 Å². The van der Waals surface area contributed by atoms with E-state index in [1.807, 2.05) is 19.1 Å². The summed E-state index contributed by atoms with van der Waals surface area (Å²) >= 11 is 0. The standard InChI is InChI=1S/C18H25NO3/c1-18(12-20,14-9-10-14)19-17(21)13-5-4-8-16(11-13)22-15-6-2-3-7-15/h4-5,8,11,14-15,20H,2-3,6-7,9-10,12H2,1H3,(H,19,21). The third-order valence-electron chi connectivity index (χ3n) is 4.91. The van der Waals surface area contributed by atoms with Gasteiger partial charge in [-0.1, -0.05) is 6.07 Å². The fraction of sp³-hybridized carbons (Fsp3) is 0.611. The lowest BCUT2D eigenvalue weighted by atomic mass is 9.96. The van der Waals surface area contributed by atoms with Crippen LogP contribution in [0.1, 0.15) is 55.8 Å². The van der Waals surface area contributed by atoms with Crippen molar-refractivity contribution < 1.29 is 14.6 Å². The van der Waals surface area contributed by atoms with Crippen LogP contribution in [0.5, 0.6) is 5.75 Å². The lowest BCUT2D eigenvalue weighted by Crippen LogP contribution is -2.50. The van der Waals surface area contributed by atoms with Crippen molar-refractivity contribution in [2.45, 2.75) is 57.1 Å². The van der Waals surface area contributed by atoms with E-state index in [0.29, 0.717) is 11.5 Å². The summed E-state index contributed by atoms with van der Waals surface area (Å²) < 4.78 is 5.95. The Balaban J connectivity index is 1.66. The summed E-state index contributed by atoms with van der Waals surface area (Å²) in [6.07, 6.45) is 7.07. The first kappa shape index (κ1) is 15.3. The van der Waals surface area contributed by atoms with Gasteiger partial charge in [-0.25, -0.2) is 0 Å². The molecule has 4 heteroatoms. The maximum Gasteiger partial charge on any atom is 0.251 e. The Labute approximate surface area is 131 Å². The summed E-state index contributed by atoms with van der Waals surface area (Å²) in [6, 6.07) is 7.35. The van der Waals surface area contributed by atoms with E-state index >= 15 is 0 Å². The van der Waals surface area contributed by atoms with Crippen molar-refractivity contribution in [2.75, 3.05) is 6.61 Å². The number of rotatable bonds is 6. The molecular weight excluding hydrogens is 278 g/mol. The van der Waals surface area contributed by atoms with E-state index in [1.165, 1.54) is 12.8 Å². The molecule has 0 saturated heterocycles. The Morgan fingerprint density at radius 1 is 1.32 bits per heavy atom. The van der Waals surface area contributed by atoms with Crippen LogP contribution in [-0.2, 0) is 0 Å². The van der Waals surface area contributed by atoms with Gasteiger partial charge in [0.25, 0.3) is 5.91 Å². The zero-order valence-electron chi connectivity index (χ0n) is 13.2. The van der Waals surface area contributed by atoms with Gasteiger partial charge in [-0.2, -0.15) is 0 Å². The molecule has 0 aliphatic heterocycles. The predicted octanol–water partition coefficient (Wildman–Crippen LogP) is 2.90. The van der Waals surface area contributed by atoms with Gasteiger partial charge in [-0.3, -0.25) is 4.79 Å². The summed E-state index contributed by atoms with van der Waals surface area (Å²) in [5.74, 6) is 1.01. The molecule has 1 atom stereocenters. The number of carbonyl (C=O) groups is 1. The number of hydrogen-bond acceptors (Lipinski definition) is 3. The van der Waals surface area contributed by atoms with Crippen molar-refractivity contribution in [1.29, 1.82) is 0 Å². The minimum atomic E-state index is -0.514. The van der Waals surface area contributed by atoms with Crippen LogP contribution in [0.2, 0.25) is 0 Å². The summed E-state index contributed by atoms with van der Waals surface area (Å²) in [4.78, 5) is 12.5. The fourth-order valence-corrected chi connectivity index (χ4v) is 3.23. The molecule has 22 heavy (non-hydrogen) atoms. The first-order chi connectivity index (χ1) is 10.6. The van der Waals surface area contributed by atoms with Crippen molar-refractivity contribution in [1.82, 2.24) is 5.32 Å². The number of ether oxygens (including phenoxy) is 1. The van der Waals surface area contributed by atoms with E-state index in [0.717, 1.165) is 31.4 Å². The molecule has 2 saturated carbocycles. The molecule has 2 N–H and O–H groups in total. The Bertz CT molecular complexity index is 535. The molecule has 2 aliphatic rings. The molecule has 1 unspecified atom stereocenters. The maximum absolute atomic E-state index is 12.5. The van der Waals surface area contributed by atoms with Crippen molar-refractivity contribution in [3.63, 3.8) is 0 Å². The molecule has 120 valence electrons. The zero-order chi connectivity index (χ0) is 15.6. The Kier molecular flexibility index (Phi) is 4.39. The molecule has 2 aliphatic carbocycles. The number of carbonyl (C=O) groups excluding carboxylic acids is 1. The van der Waals surface area contributed by atoms with E-state index < -0.39 is 5.54 Å². The minimum Gasteiger partial charge on any atom is -0.490 e. The second-order valence-electron chi connectivity index (χ2n) is 6.86. The smallest absolute Gasteiger partial charge is 0.251 e. The average molecular weight is 303 g/mol. The molecular formula is C18H25NO3. The Hall–Kier alpha value is -1.55. The molecule has 0 radical (unpaired) electrons. The quantitative estimate of drug-likeness (QED) is 0.849. The summed E-state index contributed by atoms with van der Waals surface area (Å²) in [7, 11) is 0. The fourth-order valence-electron chi connectivity index (χ4n) is 3.23. The predicted molar refractivity (Wildman–Crippen MR) is 85.0 cm³/mol. The van der Waals surface area contributed by atoms with Crippen LogP contribution >= 0.6 is 0 Å². The van der Waals surface area contributed by atoms with E-state index in [-0.39, 0.29) is 18.6 Å². The highest BCUT2D eigenvalue weighted by molar-refractivity contribution is 5.95. The van der Waals surface area contributed by atoms with Crippen LogP contribution < -0.4 is 10.1 Å². The van der Waals surface area contributed by atoms with Gasteiger partial charge in [-0.05, 0) is 69.6 Å². The Morgan fingerprint density at radius 3 is 2.68 bits per heavy atom. The molecule has 0 aromatic heterocycles. The van der Waals surface area contributed by atoms with Gasteiger partial charge >= 0.3 is 0 Å². The van der Waals surface area contributed by atoms with Gasteiger partial charge in [0.15, 0.2) is 0 Å². The number of nitrogens with one attached hydrogen (secondary N) is 1. The largest absolute Gasteiger partial charge is 0.490 e. The van der Waals surface area contributed by atoms with Crippen LogP contribution in [0, 0.1) is 5.92 Å². The number of hydrogen-bond donors (Lipinski definition) is 2. The monoisotopic (exact) mass is 303 g/mol. The summed E-state index contributed by atoms with van der Waals surface area (Å²) in [6.45, 7) is 1.89.